The Balaban J connectivity index is 1.51. The first kappa shape index (κ1) is 22.3. The summed E-state index contributed by atoms with van der Waals surface area (Å²) < 4.78 is 55.1. The number of anilines is 2. The predicted octanol–water partition coefficient (Wildman–Crippen LogP) is 4.37. The summed E-state index contributed by atoms with van der Waals surface area (Å²) in [4.78, 5) is 20.0. The van der Waals surface area contributed by atoms with Crippen LogP contribution in [0.2, 0.25) is 0 Å². The summed E-state index contributed by atoms with van der Waals surface area (Å²) in [5.41, 5.74) is 0.376. The lowest BCUT2D eigenvalue weighted by Gasteiger charge is -2.26. The molecule has 0 bridgehead atoms. The molecule has 0 atom stereocenters. The van der Waals surface area contributed by atoms with Gasteiger partial charge in [0.25, 0.3) is 5.69 Å². The third kappa shape index (κ3) is 3.77. The molecule has 34 heavy (non-hydrogen) atoms. The zero-order chi connectivity index (χ0) is 24.0. The molecule has 0 radical (unpaired) electrons. The first-order chi connectivity index (χ1) is 16.3. The molecule has 174 valence electrons. The molecule has 0 saturated heterocycles. The Labute approximate surface area is 195 Å². The smallest absolute Gasteiger partial charge is 0.289 e. The fourth-order valence-electron chi connectivity index (χ4n) is 3.89. The Bertz CT molecular complexity index is 1560. The monoisotopic (exact) mass is 503 g/mol. The number of rotatable bonds is 5. The second kappa shape index (κ2) is 8.34. The van der Waals surface area contributed by atoms with Crippen molar-refractivity contribution >= 4 is 48.8 Å². The fraction of sp³-hybridized carbons (Fsp3) is 0.143. The van der Waals surface area contributed by atoms with Gasteiger partial charge in [-0.05, 0) is 30.2 Å². The van der Waals surface area contributed by atoms with Gasteiger partial charge in [0, 0.05) is 30.1 Å². The molecular formula is C21H15F2N5O4S2. The van der Waals surface area contributed by atoms with Gasteiger partial charge in [0.1, 0.15) is 28.6 Å². The number of nitrogens with one attached hydrogen (secondary N) is 1. The topological polar surface area (TPSA) is 118 Å². The normalized spacial score (nSPS) is 14.2. The molecule has 1 aliphatic heterocycles. The predicted molar refractivity (Wildman–Crippen MR) is 121 cm³/mol. The highest BCUT2D eigenvalue weighted by molar-refractivity contribution is 7.89. The Hall–Kier alpha value is -3.55. The van der Waals surface area contributed by atoms with E-state index in [0.717, 1.165) is 23.8 Å². The zero-order valence-corrected chi connectivity index (χ0v) is 18.9. The number of nitro groups is 1. The van der Waals surface area contributed by atoms with Crippen molar-refractivity contribution in [2.24, 2.45) is 0 Å². The minimum atomic E-state index is -4.12. The molecular weight excluding hydrogens is 488 g/mol. The van der Waals surface area contributed by atoms with E-state index in [1.807, 2.05) is 0 Å². The van der Waals surface area contributed by atoms with Gasteiger partial charge in [-0.15, -0.1) is 11.3 Å². The van der Waals surface area contributed by atoms with Gasteiger partial charge in [0.15, 0.2) is 4.90 Å². The van der Waals surface area contributed by atoms with E-state index in [1.165, 1.54) is 46.2 Å². The van der Waals surface area contributed by atoms with Crippen LogP contribution in [-0.4, -0.2) is 34.2 Å². The van der Waals surface area contributed by atoms with E-state index in [-0.39, 0.29) is 23.7 Å². The van der Waals surface area contributed by atoms with Crippen molar-refractivity contribution in [2.45, 2.75) is 17.9 Å². The lowest BCUT2D eigenvalue weighted by atomic mass is 10.1. The number of benzene rings is 2. The van der Waals surface area contributed by atoms with Gasteiger partial charge in [0.2, 0.25) is 10.0 Å². The van der Waals surface area contributed by atoms with Crippen molar-refractivity contribution in [3.63, 3.8) is 0 Å². The van der Waals surface area contributed by atoms with E-state index in [1.54, 1.807) is 0 Å². The van der Waals surface area contributed by atoms with Gasteiger partial charge in [0.05, 0.1) is 16.0 Å². The van der Waals surface area contributed by atoms with E-state index >= 15 is 0 Å². The van der Waals surface area contributed by atoms with Gasteiger partial charge < -0.3 is 5.32 Å². The van der Waals surface area contributed by atoms with Crippen molar-refractivity contribution in [1.29, 1.82) is 0 Å². The second-order valence-corrected chi connectivity index (χ2v) is 10.5. The van der Waals surface area contributed by atoms with Crippen molar-refractivity contribution < 1.29 is 22.1 Å². The first-order valence-electron chi connectivity index (χ1n) is 9.96. The standard InChI is InChI=1S/C21H15F2N5O4S2/c22-12-5-6-15(14(23)9-12)26-20-19-13-7-8-27(10-17(13)33-21(19)25-11-24-20)34(31,32)18-4-2-1-3-16(18)28(29)30/h1-6,9,11H,7-8,10H2,(H,24,25,26). The highest BCUT2D eigenvalue weighted by Crippen LogP contribution is 2.40. The number of aromatic nitrogens is 2. The third-order valence-electron chi connectivity index (χ3n) is 5.47. The molecule has 1 N–H and O–H groups in total. The van der Waals surface area contributed by atoms with Crippen molar-refractivity contribution in [1.82, 2.24) is 14.3 Å². The number of nitro benzene ring substituents is 1. The molecule has 2 aromatic carbocycles. The highest BCUT2D eigenvalue weighted by Gasteiger charge is 2.35. The number of hydrogen-bond acceptors (Lipinski definition) is 8. The summed E-state index contributed by atoms with van der Waals surface area (Å²) in [7, 11) is -4.12. The Kier molecular flexibility index (Phi) is 5.46. The number of halogens is 2. The second-order valence-electron chi connectivity index (χ2n) is 7.47. The van der Waals surface area contributed by atoms with Crippen LogP contribution in [0.15, 0.2) is 53.7 Å². The Morgan fingerprint density at radius 3 is 2.71 bits per heavy atom. The van der Waals surface area contributed by atoms with E-state index in [4.69, 9.17) is 0 Å². The molecule has 4 aromatic rings. The van der Waals surface area contributed by atoms with Gasteiger partial charge in [-0.2, -0.15) is 4.31 Å². The number of thiophene rings is 1. The average Bonchev–Trinajstić information content (AvgIpc) is 3.19. The largest absolute Gasteiger partial charge is 0.337 e. The molecule has 0 spiro atoms. The Morgan fingerprint density at radius 2 is 1.94 bits per heavy atom. The molecule has 13 heteroatoms. The van der Waals surface area contributed by atoms with Crippen molar-refractivity contribution in [3.8, 4) is 0 Å². The molecule has 0 amide bonds. The van der Waals surface area contributed by atoms with Crippen LogP contribution in [0, 0.1) is 21.7 Å². The molecule has 3 heterocycles. The van der Waals surface area contributed by atoms with Crippen LogP contribution in [0.5, 0.6) is 0 Å². The van der Waals surface area contributed by atoms with Crippen LogP contribution in [0.25, 0.3) is 10.2 Å². The molecule has 9 nitrogen and oxygen atoms in total. The van der Waals surface area contributed by atoms with Crippen LogP contribution in [0.4, 0.5) is 26.0 Å². The fourth-order valence-corrected chi connectivity index (χ4v) is 6.74. The van der Waals surface area contributed by atoms with Crippen LogP contribution in [0.1, 0.15) is 10.4 Å². The highest BCUT2D eigenvalue weighted by atomic mass is 32.2. The van der Waals surface area contributed by atoms with Crippen LogP contribution < -0.4 is 5.32 Å². The SMILES string of the molecule is O=[N+]([O-])c1ccccc1S(=O)(=O)N1CCc2c(sc3ncnc(Nc4ccc(F)cc4F)c23)C1. The average molecular weight is 504 g/mol. The van der Waals surface area contributed by atoms with Gasteiger partial charge in [-0.3, -0.25) is 10.1 Å². The van der Waals surface area contributed by atoms with E-state index in [2.05, 4.69) is 15.3 Å². The van der Waals surface area contributed by atoms with E-state index < -0.39 is 32.3 Å². The van der Waals surface area contributed by atoms with Crippen molar-refractivity contribution in [3.05, 3.63) is 81.0 Å². The summed E-state index contributed by atoms with van der Waals surface area (Å²) in [6, 6.07) is 8.38. The Morgan fingerprint density at radius 1 is 1.15 bits per heavy atom. The summed E-state index contributed by atoms with van der Waals surface area (Å²) >= 11 is 1.27. The minimum absolute atomic E-state index is 0.00902. The summed E-state index contributed by atoms with van der Waals surface area (Å²) in [6.45, 7) is 0.0988. The molecule has 1 aliphatic rings. The summed E-state index contributed by atoms with van der Waals surface area (Å²) in [6.07, 6.45) is 1.61. The lowest BCUT2D eigenvalue weighted by molar-refractivity contribution is -0.387. The van der Waals surface area contributed by atoms with E-state index in [9.17, 15) is 27.3 Å². The molecule has 0 saturated carbocycles. The maximum absolute atomic E-state index is 14.2. The van der Waals surface area contributed by atoms with E-state index in [0.29, 0.717) is 27.3 Å². The number of hydrogen-bond donors (Lipinski definition) is 1. The number of nitrogens with zero attached hydrogens (tertiary/aromatic N) is 4. The van der Waals surface area contributed by atoms with Crippen LogP contribution in [0.3, 0.4) is 0 Å². The maximum Gasteiger partial charge on any atom is 0.289 e. The first-order valence-corrected chi connectivity index (χ1v) is 12.2. The molecule has 0 aliphatic carbocycles. The molecule has 0 unspecified atom stereocenters. The summed E-state index contributed by atoms with van der Waals surface area (Å²) in [5.74, 6) is -1.16. The maximum atomic E-state index is 14.2. The van der Waals surface area contributed by atoms with Gasteiger partial charge >= 0.3 is 0 Å². The van der Waals surface area contributed by atoms with Crippen LogP contribution in [-0.2, 0) is 23.0 Å². The number of sulfonamides is 1. The minimum Gasteiger partial charge on any atom is -0.337 e. The molecule has 0 fully saturated rings. The number of fused-ring (bicyclic) bond motifs is 3. The van der Waals surface area contributed by atoms with Crippen molar-refractivity contribution in [2.75, 3.05) is 11.9 Å². The molecule has 2 aromatic heterocycles. The summed E-state index contributed by atoms with van der Waals surface area (Å²) in [5, 5.41) is 14.9. The zero-order valence-electron chi connectivity index (χ0n) is 17.2. The number of para-hydroxylation sites is 1. The third-order valence-corrected chi connectivity index (χ3v) is 8.48. The van der Waals surface area contributed by atoms with Gasteiger partial charge in [-0.25, -0.2) is 27.2 Å². The quantitative estimate of drug-likeness (QED) is 0.317. The van der Waals surface area contributed by atoms with Crippen LogP contribution >= 0.6 is 11.3 Å². The molecule has 5 rings (SSSR count). The lowest BCUT2D eigenvalue weighted by Crippen LogP contribution is -2.35. The van der Waals surface area contributed by atoms with Gasteiger partial charge in [-0.1, -0.05) is 12.1 Å².